The molecule has 2 heteroatoms. The first-order valence-corrected chi connectivity index (χ1v) is 3.38. The molecule has 0 aliphatic heterocycles. The number of hydrogen-bond acceptors (Lipinski definition) is 2. The molecule has 0 aromatic carbocycles. The largest absolute Gasteiger partial charge is 0.381 e. The molecule has 0 unspecified atom stereocenters. The maximum atomic E-state index is 10.5. The van der Waals surface area contributed by atoms with Crippen LogP contribution in [0.25, 0.3) is 0 Å². The highest BCUT2D eigenvalue weighted by molar-refractivity contribution is 5.94. The molecule has 0 saturated carbocycles. The van der Waals surface area contributed by atoms with E-state index in [4.69, 9.17) is 11.2 Å². The first-order chi connectivity index (χ1) is 4.81. The average Bonchev–Trinajstić information content (AvgIpc) is 1.98. The minimum absolute atomic E-state index is 0.184. The lowest BCUT2D eigenvalue weighted by Gasteiger charge is -1.97. The first kappa shape index (κ1) is 9.19. The van der Waals surface area contributed by atoms with E-state index in [0.29, 0.717) is 19.6 Å². The van der Waals surface area contributed by atoms with Crippen LogP contribution in [0.1, 0.15) is 19.8 Å². The summed E-state index contributed by atoms with van der Waals surface area (Å²) in [5.74, 6) is 1.84. The van der Waals surface area contributed by atoms with E-state index >= 15 is 0 Å². The second-order valence-electron chi connectivity index (χ2n) is 1.93. The Balaban J connectivity index is 3.06. The van der Waals surface area contributed by atoms with Crippen molar-refractivity contribution in [2.24, 2.45) is 0 Å². The van der Waals surface area contributed by atoms with E-state index in [1.807, 2.05) is 12.8 Å². The monoisotopic (exact) mass is 140 g/mol. The molecule has 0 radical (unpaired) electrons. The lowest BCUT2D eigenvalue weighted by Crippen LogP contribution is -2.01. The zero-order valence-electron chi connectivity index (χ0n) is 6.22. The Morgan fingerprint density at radius 1 is 1.60 bits per heavy atom. The summed E-state index contributed by atoms with van der Waals surface area (Å²) >= 11 is 0. The van der Waals surface area contributed by atoms with Gasteiger partial charge in [0.1, 0.15) is 0 Å². The highest BCUT2D eigenvalue weighted by Gasteiger charge is 1.94. The van der Waals surface area contributed by atoms with Crippen molar-refractivity contribution in [2.45, 2.75) is 19.8 Å². The van der Waals surface area contributed by atoms with Gasteiger partial charge in [0.25, 0.3) is 0 Å². The molecule has 56 valence electrons. The second kappa shape index (κ2) is 6.31. The van der Waals surface area contributed by atoms with Gasteiger partial charge >= 0.3 is 0 Å². The van der Waals surface area contributed by atoms with Crippen molar-refractivity contribution in [1.29, 1.82) is 0 Å². The van der Waals surface area contributed by atoms with E-state index in [1.54, 1.807) is 0 Å². The second-order valence-corrected chi connectivity index (χ2v) is 1.93. The summed E-state index contributed by atoms with van der Waals surface area (Å²) < 4.78 is 5.04. The molecule has 0 amide bonds. The minimum Gasteiger partial charge on any atom is -0.381 e. The molecule has 0 spiro atoms. The van der Waals surface area contributed by atoms with Gasteiger partial charge in [0, 0.05) is 13.0 Å². The van der Waals surface area contributed by atoms with Gasteiger partial charge in [-0.05, 0) is 12.3 Å². The lowest BCUT2D eigenvalue weighted by atomic mass is 10.3. The number of rotatable bonds is 5. The molecule has 0 aromatic heterocycles. The predicted molar refractivity (Wildman–Crippen MR) is 39.6 cm³/mol. The van der Waals surface area contributed by atoms with Gasteiger partial charge in [-0.15, -0.1) is 6.42 Å². The minimum atomic E-state index is -0.184. The van der Waals surface area contributed by atoms with Crippen molar-refractivity contribution < 1.29 is 9.53 Å². The van der Waals surface area contributed by atoms with Crippen molar-refractivity contribution >= 4 is 5.78 Å². The van der Waals surface area contributed by atoms with Crippen LogP contribution in [0.3, 0.4) is 0 Å². The van der Waals surface area contributed by atoms with Gasteiger partial charge in [0.15, 0.2) is 0 Å². The molecule has 0 heterocycles. The topological polar surface area (TPSA) is 26.3 Å². The van der Waals surface area contributed by atoms with E-state index in [0.717, 1.165) is 6.42 Å². The summed E-state index contributed by atoms with van der Waals surface area (Å²) in [6.45, 7) is 3.18. The third-order valence-electron chi connectivity index (χ3n) is 0.983. The van der Waals surface area contributed by atoms with Crippen molar-refractivity contribution in [3.05, 3.63) is 0 Å². The van der Waals surface area contributed by atoms with Crippen LogP contribution in [0.4, 0.5) is 0 Å². The van der Waals surface area contributed by atoms with Crippen molar-refractivity contribution in [3.8, 4) is 12.3 Å². The van der Waals surface area contributed by atoms with E-state index in [-0.39, 0.29) is 5.78 Å². The summed E-state index contributed by atoms with van der Waals surface area (Å²) in [5.41, 5.74) is 0. The van der Waals surface area contributed by atoms with E-state index in [1.165, 1.54) is 0 Å². The Labute approximate surface area is 61.6 Å². The van der Waals surface area contributed by atoms with Crippen LogP contribution in [-0.4, -0.2) is 19.0 Å². The number of ketones is 1. The first-order valence-electron chi connectivity index (χ1n) is 3.38. The van der Waals surface area contributed by atoms with Crippen LogP contribution < -0.4 is 0 Å². The van der Waals surface area contributed by atoms with E-state index in [2.05, 4.69) is 0 Å². The number of carbonyl (C=O) groups is 1. The molecule has 0 bridgehead atoms. The van der Waals surface area contributed by atoms with Crippen LogP contribution in [0.5, 0.6) is 0 Å². The fraction of sp³-hybridized carbons (Fsp3) is 0.625. The van der Waals surface area contributed by atoms with Crippen LogP contribution in [0.15, 0.2) is 0 Å². The van der Waals surface area contributed by atoms with Gasteiger partial charge in [-0.2, -0.15) is 0 Å². The Bertz CT molecular complexity index is 133. The van der Waals surface area contributed by atoms with Crippen LogP contribution >= 0.6 is 0 Å². The van der Waals surface area contributed by atoms with Gasteiger partial charge in [-0.25, -0.2) is 0 Å². The third-order valence-corrected chi connectivity index (χ3v) is 0.983. The zero-order valence-corrected chi connectivity index (χ0v) is 6.22. The third kappa shape index (κ3) is 5.33. The summed E-state index contributed by atoms with van der Waals surface area (Å²) in [6.07, 6.45) is 6.15. The highest BCUT2D eigenvalue weighted by atomic mass is 16.5. The molecular weight excluding hydrogens is 128 g/mol. The van der Waals surface area contributed by atoms with Gasteiger partial charge in [0.05, 0.1) is 6.61 Å². The normalized spacial score (nSPS) is 8.80. The molecule has 2 nitrogen and oxygen atoms in total. The molecular formula is C8H12O2. The molecule has 10 heavy (non-hydrogen) atoms. The highest BCUT2D eigenvalue weighted by Crippen LogP contribution is 1.85. The van der Waals surface area contributed by atoms with Crippen LogP contribution in [0.2, 0.25) is 0 Å². The maximum Gasteiger partial charge on any atom is 0.207 e. The average molecular weight is 140 g/mol. The van der Waals surface area contributed by atoms with Gasteiger partial charge < -0.3 is 4.74 Å². The zero-order chi connectivity index (χ0) is 7.82. The van der Waals surface area contributed by atoms with Crippen LogP contribution in [0, 0.1) is 12.3 Å². The number of ether oxygens (including phenoxy) is 1. The summed E-state index contributed by atoms with van der Waals surface area (Å²) in [5, 5.41) is 0. The SMILES string of the molecule is C#CC(=O)CCOCCC. The number of hydrogen-bond donors (Lipinski definition) is 0. The molecule has 0 aliphatic rings. The molecule has 0 aliphatic carbocycles. The quantitative estimate of drug-likeness (QED) is 0.323. The standard InChI is InChI=1S/C8H12O2/c1-3-6-10-7-5-8(9)4-2/h2H,3,5-7H2,1H3. The van der Waals surface area contributed by atoms with Crippen molar-refractivity contribution in [2.75, 3.05) is 13.2 Å². The lowest BCUT2D eigenvalue weighted by molar-refractivity contribution is -0.114. The van der Waals surface area contributed by atoms with Crippen molar-refractivity contribution in [1.82, 2.24) is 0 Å². The van der Waals surface area contributed by atoms with Crippen LogP contribution in [-0.2, 0) is 9.53 Å². The van der Waals surface area contributed by atoms with Crippen molar-refractivity contribution in [3.63, 3.8) is 0 Å². The fourth-order valence-corrected chi connectivity index (χ4v) is 0.483. The molecule has 0 saturated heterocycles. The van der Waals surface area contributed by atoms with Gasteiger partial charge in [-0.1, -0.05) is 6.92 Å². The number of carbonyl (C=O) groups excluding carboxylic acids is 1. The Morgan fingerprint density at radius 2 is 2.30 bits per heavy atom. The summed E-state index contributed by atoms with van der Waals surface area (Å²) in [4.78, 5) is 10.5. The van der Waals surface area contributed by atoms with E-state index < -0.39 is 0 Å². The summed E-state index contributed by atoms with van der Waals surface area (Å²) in [6, 6.07) is 0. The molecule has 0 atom stereocenters. The van der Waals surface area contributed by atoms with Gasteiger partial charge in [0.2, 0.25) is 5.78 Å². The summed E-state index contributed by atoms with van der Waals surface area (Å²) in [7, 11) is 0. The molecule has 0 rings (SSSR count). The predicted octanol–water partition coefficient (Wildman–Crippen LogP) is 1.01. The number of terminal acetylenes is 1. The molecule has 0 N–H and O–H groups in total. The van der Waals surface area contributed by atoms with Gasteiger partial charge in [-0.3, -0.25) is 4.79 Å². The van der Waals surface area contributed by atoms with E-state index in [9.17, 15) is 4.79 Å². The number of Topliss-reactive ketones (excluding diaryl/α,β-unsaturated/α-hetero) is 1. The maximum absolute atomic E-state index is 10.5. The Hall–Kier alpha value is -0.810. The smallest absolute Gasteiger partial charge is 0.207 e. The fourth-order valence-electron chi connectivity index (χ4n) is 0.483. The molecule has 0 fully saturated rings. The molecule has 0 aromatic rings. The Kier molecular flexibility index (Phi) is 5.80. The Morgan fingerprint density at radius 3 is 2.80 bits per heavy atom.